The highest BCUT2D eigenvalue weighted by atomic mass is 19.0. The first kappa shape index (κ1) is 11.4. The van der Waals surface area contributed by atoms with Crippen LogP contribution in [0.15, 0.2) is 10.1 Å². The molecule has 0 fully saturated rings. The van der Waals surface area contributed by atoms with Gasteiger partial charge in [0.1, 0.15) is 5.84 Å². The molecule has 3 nitrogen and oxygen atoms in total. The first-order valence-corrected chi connectivity index (χ1v) is 2.42. The van der Waals surface area contributed by atoms with Gasteiger partial charge in [-0.2, -0.15) is 10.1 Å². The second kappa shape index (κ2) is 5.76. The quantitative estimate of drug-likeness (QED) is 0.230. The van der Waals surface area contributed by atoms with Crippen LogP contribution in [0.3, 0.4) is 0 Å². The molecular formula is C6H10FN3. The van der Waals surface area contributed by atoms with Crippen LogP contribution < -0.4 is 0 Å². The van der Waals surface area contributed by atoms with Gasteiger partial charge in [-0.3, -0.25) is 9.71 Å². The molecule has 0 aliphatic rings. The Balaban J connectivity index is 0. The van der Waals surface area contributed by atoms with E-state index in [0.29, 0.717) is 5.84 Å². The van der Waals surface area contributed by atoms with Crippen LogP contribution in [-0.2, 0) is 0 Å². The highest BCUT2D eigenvalue weighted by molar-refractivity contribution is 5.80. The van der Waals surface area contributed by atoms with Crippen molar-refractivity contribution in [3.05, 3.63) is 0 Å². The molecule has 56 valence electrons. The molecule has 0 atom stereocenters. The second-order valence-corrected chi connectivity index (χ2v) is 1.45. The lowest BCUT2D eigenvalue weighted by atomic mass is 10.6. The summed E-state index contributed by atoms with van der Waals surface area (Å²) in [5.74, 6) is 0.660. The van der Waals surface area contributed by atoms with E-state index in [0.717, 1.165) is 0 Å². The first-order chi connectivity index (χ1) is 4.22. The molecule has 0 rings (SSSR count). The van der Waals surface area contributed by atoms with Gasteiger partial charge in [-0.05, 0) is 6.92 Å². The third kappa shape index (κ3) is 3.61. The van der Waals surface area contributed by atoms with Crippen LogP contribution >= 0.6 is 0 Å². The SMILES string of the molecule is C#CN=C(C)N(C)N=C.F. The summed E-state index contributed by atoms with van der Waals surface area (Å²) in [7, 11) is 1.73. The van der Waals surface area contributed by atoms with E-state index in [1.54, 1.807) is 14.0 Å². The maximum Gasteiger partial charge on any atom is 0.132 e. The predicted molar refractivity (Wildman–Crippen MR) is 41.8 cm³/mol. The molecule has 0 spiro atoms. The Labute approximate surface area is 59.8 Å². The third-order valence-corrected chi connectivity index (χ3v) is 0.907. The van der Waals surface area contributed by atoms with Crippen LogP contribution in [0.5, 0.6) is 0 Å². The number of hydrogen-bond donors (Lipinski definition) is 0. The van der Waals surface area contributed by atoms with Crippen LogP contribution in [0, 0.1) is 12.5 Å². The van der Waals surface area contributed by atoms with Crippen LogP contribution in [0.2, 0.25) is 0 Å². The monoisotopic (exact) mass is 143 g/mol. The van der Waals surface area contributed by atoms with E-state index in [9.17, 15) is 0 Å². The molecule has 0 bridgehead atoms. The molecule has 0 unspecified atom stereocenters. The van der Waals surface area contributed by atoms with Crippen molar-refractivity contribution >= 4 is 12.6 Å². The second-order valence-electron chi connectivity index (χ2n) is 1.45. The summed E-state index contributed by atoms with van der Waals surface area (Å²) >= 11 is 0. The van der Waals surface area contributed by atoms with Crippen molar-refractivity contribution < 1.29 is 4.70 Å². The lowest BCUT2D eigenvalue weighted by Gasteiger charge is -2.07. The summed E-state index contributed by atoms with van der Waals surface area (Å²) in [6.07, 6.45) is 4.90. The maximum atomic E-state index is 4.90. The van der Waals surface area contributed by atoms with Crippen LogP contribution in [0.25, 0.3) is 0 Å². The normalized spacial score (nSPS) is 9.10. The zero-order chi connectivity index (χ0) is 7.28. The highest BCUT2D eigenvalue weighted by Crippen LogP contribution is 1.84. The van der Waals surface area contributed by atoms with Crippen molar-refractivity contribution in [3.8, 4) is 12.5 Å². The number of terminal acetylenes is 1. The summed E-state index contributed by atoms with van der Waals surface area (Å²) in [5.41, 5.74) is 0. The molecule has 0 amide bonds. The van der Waals surface area contributed by atoms with Crippen molar-refractivity contribution in [3.63, 3.8) is 0 Å². The molecule has 0 aliphatic heterocycles. The molecule has 0 saturated carbocycles. The van der Waals surface area contributed by atoms with Gasteiger partial charge in [-0.25, -0.2) is 0 Å². The standard InChI is InChI=1S/C6H9N3.FH/c1-5-8-6(2)9(4)7-3;/h1H,3H2,2,4H3;1H. The van der Waals surface area contributed by atoms with Crippen LogP contribution in [0.4, 0.5) is 4.70 Å². The fourth-order valence-electron chi connectivity index (χ4n) is 0.268. The minimum atomic E-state index is 0. The molecule has 0 radical (unpaired) electrons. The Morgan fingerprint density at radius 3 is 2.50 bits per heavy atom. The third-order valence-electron chi connectivity index (χ3n) is 0.907. The van der Waals surface area contributed by atoms with Crippen LogP contribution in [-0.4, -0.2) is 24.6 Å². The fourth-order valence-corrected chi connectivity index (χ4v) is 0.268. The highest BCUT2D eigenvalue weighted by Gasteiger charge is 1.91. The van der Waals surface area contributed by atoms with Gasteiger partial charge < -0.3 is 0 Å². The van der Waals surface area contributed by atoms with E-state index in [2.05, 4.69) is 22.9 Å². The molecule has 10 heavy (non-hydrogen) atoms. The Morgan fingerprint density at radius 2 is 2.20 bits per heavy atom. The van der Waals surface area contributed by atoms with Crippen molar-refractivity contribution in [1.29, 1.82) is 0 Å². The maximum absolute atomic E-state index is 4.90. The van der Waals surface area contributed by atoms with Crippen molar-refractivity contribution in [2.24, 2.45) is 10.1 Å². The summed E-state index contributed by atoms with van der Waals surface area (Å²) in [4.78, 5) is 3.63. The minimum Gasteiger partial charge on any atom is -0.269 e. The van der Waals surface area contributed by atoms with Gasteiger partial charge in [0.15, 0.2) is 0 Å². The largest absolute Gasteiger partial charge is 0.269 e. The van der Waals surface area contributed by atoms with Crippen LogP contribution in [0.1, 0.15) is 6.92 Å². The number of amidine groups is 1. The van der Waals surface area contributed by atoms with E-state index < -0.39 is 0 Å². The minimum absolute atomic E-state index is 0. The number of halogens is 1. The average molecular weight is 143 g/mol. The molecule has 0 aliphatic carbocycles. The van der Waals surface area contributed by atoms with E-state index in [1.807, 2.05) is 0 Å². The summed E-state index contributed by atoms with van der Waals surface area (Å²) in [5, 5.41) is 5.06. The number of nitrogens with zero attached hydrogens (tertiary/aromatic N) is 3. The summed E-state index contributed by atoms with van der Waals surface area (Å²) < 4.78 is 0. The van der Waals surface area contributed by atoms with E-state index >= 15 is 0 Å². The molecule has 0 N–H and O–H groups in total. The van der Waals surface area contributed by atoms with Gasteiger partial charge in [-0.15, -0.1) is 0 Å². The first-order valence-electron chi connectivity index (χ1n) is 2.42. The lowest BCUT2D eigenvalue weighted by molar-refractivity contribution is 0.546. The smallest absolute Gasteiger partial charge is 0.132 e. The van der Waals surface area contributed by atoms with Crippen molar-refractivity contribution in [1.82, 2.24) is 5.01 Å². The van der Waals surface area contributed by atoms with E-state index in [-0.39, 0.29) is 4.70 Å². The van der Waals surface area contributed by atoms with Gasteiger partial charge in [0, 0.05) is 19.8 Å². The Morgan fingerprint density at radius 1 is 1.70 bits per heavy atom. The van der Waals surface area contributed by atoms with Gasteiger partial charge in [0.25, 0.3) is 0 Å². The van der Waals surface area contributed by atoms with Gasteiger partial charge in [0.2, 0.25) is 0 Å². The zero-order valence-electron chi connectivity index (χ0n) is 6.03. The van der Waals surface area contributed by atoms with Crippen molar-refractivity contribution in [2.45, 2.75) is 6.92 Å². The van der Waals surface area contributed by atoms with Gasteiger partial charge in [-0.1, -0.05) is 6.42 Å². The Bertz CT molecular complexity index is 168. The number of rotatable bonds is 1. The number of hydrogen-bond acceptors (Lipinski definition) is 2. The summed E-state index contributed by atoms with van der Waals surface area (Å²) in [6.45, 7) is 5.05. The van der Waals surface area contributed by atoms with E-state index in [1.165, 1.54) is 5.01 Å². The molecule has 0 saturated heterocycles. The van der Waals surface area contributed by atoms with Gasteiger partial charge >= 0.3 is 0 Å². The molecule has 0 aromatic carbocycles. The Hall–Kier alpha value is -1.37. The Kier molecular flexibility index (Phi) is 6.58. The average Bonchev–Trinajstić information content (AvgIpc) is 1.87. The lowest BCUT2D eigenvalue weighted by Crippen LogP contribution is -2.16. The molecule has 4 heteroatoms. The fraction of sp³-hybridized carbons (Fsp3) is 0.333. The number of hydrazone groups is 1. The zero-order valence-corrected chi connectivity index (χ0v) is 6.03. The van der Waals surface area contributed by atoms with Gasteiger partial charge in [0.05, 0.1) is 0 Å². The van der Waals surface area contributed by atoms with Crippen molar-refractivity contribution in [2.75, 3.05) is 7.05 Å². The number of aliphatic imine (C=N–C) groups is 1. The molecule has 0 aromatic heterocycles. The molecule has 0 heterocycles. The predicted octanol–water partition coefficient (Wildman–Crippen LogP) is 0.695. The summed E-state index contributed by atoms with van der Waals surface area (Å²) in [6, 6.07) is 2.14. The molecule has 0 aromatic rings. The van der Waals surface area contributed by atoms with E-state index in [4.69, 9.17) is 6.42 Å². The topological polar surface area (TPSA) is 28.0 Å². The molecular weight excluding hydrogens is 133 g/mol.